The second-order valence-corrected chi connectivity index (χ2v) is 7.99. The van der Waals surface area contributed by atoms with E-state index in [1.807, 2.05) is 9.80 Å². The number of phenolic OH excluding ortho intramolecular Hbond substituents is 2. The molecule has 2 N–H and O–H groups in total. The van der Waals surface area contributed by atoms with Gasteiger partial charge in [-0.05, 0) is 36.2 Å². The highest BCUT2D eigenvalue weighted by Gasteiger charge is 2.41. The van der Waals surface area contributed by atoms with Crippen LogP contribution < -0.4 is 4.90 Å². The topological polar surface area (TPSA) is 107 Å². The van der Waals surface area contributed by atoms with Gasteiger partial charge in [0.15, 0.2) is 11.5 Å². The van der Waals surface area contributed by atoms with Gasteiger partial charge in [0, 0.05) is 44.3 Å². The quantitative estimate of drug-likeness (QED) is 0.418. The lowest BCUT2D eigenvalue weighted by molar-refractivity contribution is -0.386. The lowest BCUT2D eigenvalue weighted by Crippen LogP contribution is -2.48. The average molecular weight is 451 g/mol. The van der Waals surface area contributed by atoms with Crippen molar-refractivity contribution in [2.75, 3.05) is 37.6 Å². The second kappa shape index (κ2) is 7.97. The molecule has 1 heterocycles. The fourth-order valence-corrected chi connectivity index (χ4v) is 4.40. The molecule has 2 aliphatic rings. The molecule has 0 spiro atoms. The van der Waals surface area contributed by atoms with Crippen molar-refractivity contribution in [1.29, 1.82) is 0 Å². The van der Waals surface area contributed by atoms with Gasteiger partial charge in [0.05, 0.1) is 10.5 Å². The standard InChI is InChI=1S/C21H20F3N3O5/c22-21(23,24)14-2-1-3-15(10-14)26-6-4-25(5-7-26)11-13-8-12-9-16(28)20(30)18(27(31)32)17(12)19(13)29/h1-3,9-10,13,28,30H,4-8,11H2. The Morgan fingerprint density at radius 1 is 1.12 bits per heavy atom. The van der Waals surface area contributed by atoms with Gasteiger partial charge in [0.25, 0.3) is 0 Å². The van der Waals surface area contributed by atoms with E-state index in [1.165, 1.54) is 12.1 Å². The number of Topliss-reactive ketones (excluding diaryl/α,β-unsaturated/α-hetero) is 1. The Morgan fingerprint density at radius 2 is 1.81 bits per heavy atom. The van der Waals surface area contributed by atoms with Gasteiger partial charge in [0.1, 0.15) is 5.56 Å². The maximum Gasteiger partial charge on any atom is 0.416 e. The maximum atomic E-state index is 13.0. The van der Waals surface area contributed by atoms with Crippen LogP contribution in [0.3, 0.4) is 0 Å². The van der Waals surface area contributed by atoms with Crippen LogP contribution in [0.25, 0.3) is 0 Å². The van der Waals surface area contributed by atoms with E-state index in [-0.39, 0.29) is 12.0 Å². The minimum Gasteiger partial charge on any atom is -0.504 e. The third-order valence-corrected chi connectivity index (χ3v) is 5.99. The molecule has 11 heteroatoms. The molecule has 1 aliphatic carbocycles. The predicted molar refractivity (Wildman–Crippen MR) is 108 cm³/mol. The summed E-state index contributed by atoms with van der Waals surface area (Å²) in [6.07, 6.45) is -4.21. The molecule has 0 saturated carbocycles. The van der Waals surface area contributed by atoms with Crippen LogP contribution in [0.5, 0.6) is 11.5 Å². The fraction of sp³-hybridized carbons (Fsp3) is 0.381. The average Bonchev–Trinajstić information content (AvgIpc) is 3.03. The number of phenols is 2. The number of rotatable bonds is 4. The van der Waals surface area contributed by atoms with Crippen LogP contribution in [-0.2, 0) is 12.6 Å². The molecule has 8 nitrogen and oxygen atoms in total. The Balaban J connectivity index is 1.43. The summed E-state index contributed by atoms with van der Waals surface area (Å²) >= 11 is 0. The SMILES string of the molecule is O=C1c2c(cc(O)c(O)c2[N+](=O)[O-])CC1CN1CCN(c2cccc(C(F)(F)F)c2)CC1. The number of fused-ring (bicyclic) bond motifs is 1. The minimum atomic E-state index is -4.42. The molecule has 170 valence electrons. The van der Waals surface area contributed by atoms with Crippen LogP contribution in [0.2, 0.25) is 0 Å². The largest absolute Gasteiger partial charge is 0.504 e. The number of hydrogen-bond acceptors (Lipinski definition) is 7. The zero-order valence-corrected chi connectivity index (χ0v) is 16.8. The van der Waals surface area contributed by atoms with Crippen molar-refractivity contribution >= 4 is 17.2 Å². The molecule has 1 fully saturated rings. The zero-order chi connectivity index (χ0) is 23.2. The van der Waals surface area contributed by atoms with Crippen LogP contribution in [0.4, 0.5) is 24.5 Å². The molecule has 1 aliphatic heterocycles. The van der Waals surface area contributed by atoms with Gasteiger partial charge in [-0.15, -0.1) is 0 Å². The first kappa shape index (κ1) is 21.9. The van der Waals surface area contributed by atoms with Gasteiger partial charge in [-0.3, -0.25) is 19.8 Å². The number of nitro benzene ring substituents is 1. The number of carbonyl (C=O) groups is 1. The van der Waals surface area contributed by atoms with E-state index in [0.717, 1.165) is 12.1 Å². The molecule has 2 aromatic rings. The molecule has 0 aromatic heterocycles. The van der Waals surface area contributed by atoms with E-state index in [0.29, 0.717) is 44.0 Å². The lowest BCUT2D eigenvalue weighted by atomic mass is 10.0. The number of aromatic hydroxyl groups is 2. The first-order valence-electron chi connectivity index (χ1n) is 9.97. The number of anilines is 1. The second-order valence-electron chi connectivity index (χ2n) is 7.99. The van der Waals surface area contributed by atoms with Crippen molar-refractivity contribution in [3.63, 3.8) is 0 Å². The summed E-state index contributed by atoms with van der Waals surface area (Å²) in [4.78, 5) is 27.1. The van der Waals surface area contributed by atoms with Gasteiger partial charge >= 0.3 is 11.9 Å². The summed E-state index contributed by atoms with van der Waals surface area (Å²) < 4.78 is 38.9. The normalized spacial score (nSPS) is 19.3. The summed E-state index contributed by atoms with van der Waals surface area (Å²) in [7, 11) is 0. The smallest absolute Gasteiger partial charge is 0.416 e. The minimum absolute atomic E-state index is 0.169. The van der Waals surface area contributed by atoms with Gasteiger partial charge in [-0.1, -0.05) is 6.07 Å². The van der Waals surface area contributed by atoms with E-state index in [1.54, 1.807) is 6.07 Å². The predicted octanol–water partition coefficient (Wildman–Crippen LogP) is 3.20. The lowest BCUT2D eigenvalue weighted by Gasteiger charge is -2.37. The number of ketones is 1. The van der Waals surface area contributed by atoms with Crippen molar-refractivity contribution in [2.45, 2.75) is 12.6 Å². The van der Waals surface area contributed by atoms with Crippen LogP contribution in [0.15, 0.2) is 30.3 Å². The fourth-order valence-electron chi connectivity index (χ4n) is 4.40. The monoisotopic (exact) mass is 451 g/mol. The molecule has 1 saturated heterocycles. The van der Waals surface area contributed by atoms with Gasteiger partial charge in [-0.25, -0.2) is 0 Å². The van der Waals surface area contributed by atoms with Gasteiger partial charge in [0.2, 0.25) is 5.75 Å². The van der Waals surface area contributed by atoms with E-state index >= 15 is 0 Å². The number of nitrogens with zero attached hydrogens (tertiary/aromatic N) is 3. The number of halogens is 3. The zero-order valence-electron chi connectivity index (χ0n) is 16.8. The molecule has 32 heavy (non-hydrogen) atoms. The molecular formula is C21H20F3N3O5. The number of carbonyl (C=O) groups excluding carboxylic acids is 1. The van der Waals surface area contributed by atoms with Crippen molar-refractivity contribution in [3.05, 3.63) is 57.1 Å². The Morgan fingerprint density at radius 3 is 2.44 bits per heavy atom. The number of piperazine rings is 1. The number of alkyl halides is 3. The van der Waals surface area contributed by atoms with Crippen molar-refractivity contribution < 1.29 is 33.1 Å². The van der Waals surface area contributed by atoms with Crippen molar-refractivity contribution in [1.82, 2.24) is 4.90 Å². The van der Waals surface area contributed by atoms with E-state index in [9.17, 15) is 38.3 Å². The van der Waals surface area contributed by atoms with Crippen LogP contribution in [0.1, 0.15) is 21.5 Å². The van der Waals surface area contributed by atoms with Crippen LogP contribution in [-0.4, -0.2) is 58.5 Å². The van der Waals surface area contributed by atoms with Crippen LogP contribution in [0, 0.1) is 16.0 Å². The highest BCUT2D eigenvalue weighted by Crippen LogP contribution is 2.45. The van der Waals surface area contributed by atoms with Gasteiger partial charge < -0.3 is 15.1 Å². The maximum absolute atomic E-state index is 13.0. The Labute approximate surface area is 180 Å². The first-order chi connectivity index (χ1) is 15.1. The molecule has 2 aromatic carbocycles. The summed E-state index contributed by atoms with van der Waals surface area (Å²) in [6, 6.07) is 6.32. The number of hydrogen-bond donors (Lipinski definition) is 2. The summed E-state index contributed by atoms with van der Waals surface area (Å²) in [5, 5.41) is 30.9. The van der Waals surface area contributed by atoms with Crippen LogP contribution >= 0.6 is 0 Å². The van der Waals surface area contributed by atoms with E-state index in [4.69, 9.17) is 0 Å². The Kier molecular flexibility index (Phi) is 5.45. The number of benzene rings is 2. The van der Waals surface area contributed by atoms with E-state index < -0.39 is 45.6 Å². The molecule has 0 radical (unpaired) electrons. The highest BCUT2D eigenvalue weighted by atomic mass is 19.4. The van der Waals surface area contributed by atoms with Gasteiger partial charge in [-0.2, -0.15) is 13.2 Å². The highest BCUT2D eigenvalue weighted by molar-refractivity contribution is 6.07. The van der Waals surface area contributed by atoms with Crippen molar-refractivity contribution in [3.8, 4) is 11.5 Å². The third-order valence-electron chi connectivity index (χ3n) is 5.99. The Bertz CT molecular complexity index is 1080. The molecule has 4 rings (SSSR count). The Hall–Kier alpha value is -3.34. The van der Waals surface area contributed by atoms with Crippen molar-refractivity contribution in [2.24, 2.45) is 5.92 Å². The number of nitro groups is 1. The molecular weight excluding hydrogens is 431 g/mol. The molecule has 0 bridgehead atoms. The first-order valence-corrected chi connectivity index (χ1v) is 9.97. The summed E-state index contributed by atoms with van der Waals surface area (Å²) in [5.41, 5.74) is -0.852. The third kappa shape index (κ3) is 3.95. The molecule has 1 unspecified atom stereocenters. The molecule has 0 amide bonds. The van der Waals surface area contributed by atoms with E-state index in [2.05, 4.69) is 0 Å². The molecule has 1 atom stereocenters. The summed E-state index contributed by atoms with van der Waals surface area (Å²) in [6.45, 7) is 2.28. The summed E-state index contributed by atoms with van der Waals surface area (Å²) in [5.74, 6) is -2.58.